The molecule has 0 radical (unpaired) electrons. The zero-order valence-electron chi connectivity index (χ0n) is 17.5. The summed E-state index contributed by atoms with van der Waals surface area (Å²) in [6.45, 7) is 4.07. The Morgan fingerprint density at radius 1 is 1.10 bits per heavy atom. The normalized spacial score (nSPS) is 10.9. The minimum absolute atomic E-state index is 0.101. The number of ketones is 1. The first-order valence-electron chi connectivity index (χ1n) is 9.88. The van der Waals surface area contributed by atoms with Gasteiger partial charge in [-0.2, -0.15) is 0 Å². The number of nitrogens with one attached hydrogen (secondary N) is 1. The van der Waals surface area contributed by atoms with E-state index in [1.807, 2.05) is 42.7 Å². The van der Waals surface area contributed by atoms with E-state index in [-0.39, 0.29) is 24.8 Å². The fourth-order valence-corrected chi connectivity index (χ4v) is 3.62. The molecular formula is C23H26N2O5. The number of H-pyrrole nitrogens is 1. The van der Waals surface area contributed by atoms with Crippen molar-refractivity contribution in [1.29, 1.82) is 0 Å². The third-order valence-electron chi connectivity index (χ3n) is 5.24. The van der Waals surface area contributed by atoms with E-state index < -0.39 is 5.97 Å². The summed E-state index contributed by atoms with van der Waals surface area (Å²) in [6, 6.07) is 9.51. The number of carbonyl (C=O) groups is 3. The zero-order chi connectivity index (χ0) is 21.7. The Bertz CT molecular complexity index is 1080. The number of ether oxygens (including phenoxy) is 2. The monoisotopic (exact) mass is 410 g/mol. The van der Waals surface area contributed by atoms with Gasteiger partial charge in [0.25, 0.3) is 0 Å². The summed E-state index contributed by atoms with van der Waals surface area (Å²) in [5.41, 5.74) is 4.05. The summed E-state index contributed by atoms with van der Waals surface area (Å²) in [7, 11) is 1.37. The summed E-state index contributed by atoms with van der Waals surface area (Å²) in [5, 5.41) is 0.969. The lowest BCUT2D eigenvalue weighted by Crippen LogP contribution is -2.16. The highest BCUT2D eigenvalue weighted by atomic mass is 16.5. The largest absolute Gasteiger partial charge is 0.469 e. The van der Waals surface area contributed by atoms with E-state index in [9.17, 15) is 14.4 Å². The van der Waals surface area contributed by atoms with Gasteiger partial charge < -0.3 is 19.0 Å². The number of aromatic nitrogens is 2. The van der Waals surface area contributed by atoms with Crippen LogP contribution in [-0.2, 0) is 32.0 Å². The molecule has 30 heavy (non-hydrogen) atoms. The summed E-state index contributed by atoms with van der Waals surface area (Å²) < 4.78 is 11.9. The second kappa shape index (κ2) is 9.43. The van der Waals surface area contributed by atoms with Crippen molar-refractivity contribution in [2.24, 2.45) is 0 Å². The van der Waals surface area contributed by atoms with Gasteiger partial charge in [0.2, 0.25) is 5.78 Å². The molecular weight excluding hydrogens is 384 g/mol. The van der Waals surface area contributed by atoms with Gasteiger partial charge >= 0.3 is 11.9 Å². The highest BCUT2D eigenvalue weighted by Gasteiger charge is 2.18. The lowest BCUT2D eigenvalue weighted by Gasteiger charge is -2.09. The molecule has 0 fully saturated rings. The van der Waals surface area contributed by atoms with Crippen molar-refractivity contribution in [2.45, 2.75) is 39.7 Å². The average Bonchev–Trinajstić information content (AvgIpc) is 3.27. The first-order valence-corrected chi connectivity index (χ1v) is 9.88. The van der Waals surface area contributed by atoms with Gasteiger partial charge in [-0.3, -0.25) is 14.4 Å². The van der Waals surface area contributed by atoms with Gasteiger partial charge in [-0.05, 0) is 38.0 Å². The molecule has 3 aromatic rings. The quantitative estimate of drug-likeness (QED) is 0.431. The second-order valence-electron chi connectivity index (χ2n) is 7.24. The number of esters is 2. The fourth-order valence-electron chi connectivity index (χ4n) is 3.62. The van der Waals surface area contributed by atoms with Crippen molar-refractivity contribution < 1.29 is 23.9 Å². The maximum Gasteiger partial charge on any atom is 0.310 e. The van der Waals surface area contributed by atoms with Gasteiger partial charge in [0, 0.05) is 47.0 Å². The molecule has 2 heterocycles. The number of aryl methyl sites for hydroxylation is 1. The predicted molar refractivity (Wildman–Crippen MR) is 112 cm³/mol. The lowest BCUT2D eigenvalue weighted by molar-refractivity contribution is -0.142. The van der Waals surface area contributed by atoms with Crippen molar-refractivity contribution in [2.75, 3.05) is 13.7 Å². The highest BCUT2D eigenvalue weighted by molar-refractivity contribution is 5.99. The van der Waals surface area contributed by atoms with Gasteiger partial charge in [-0.15, -0.1) is 0 Å². The van der Waals surface area contributed by atoms with Gasteiger partial charge in [-0.25, -0.2) is 0 Å². The van der Waals surface area contributed by atoms with Crippen molar-refractivity contribution in [1.82, 2.24) is 9.55 Å². The molecule has 2 aromatic heterocycles. The van der Waals surface area contributed by atoms with Gasteiger partial charge in [0.1, 0.15) is 0 Å². The average molecular weight is 410 g/mol. The Labute approximate surface area is 175 Å². The van der Waals surface area contributed by atoms with Crippen molar-refractivity contribution >= 4 is 28.6 Å². The lowest BCUT2D eigenvalue weighted by atomic mass is 10.1. The molecule has 0 aliphatic heterocycles. The molecule has 1 N–H and O–H groups in total. The number of hydrogen-bond donors (Lipinski definition) is 1. The van der Waals surface area contributed by atoms with E-state index in [2.05, 4.69) is 9.72 Å². The SMILES string of the molecule is COC(=O)CCCn1c(C)cc(C(=O)COC(=O)Cc2c[nH]c3ccccc23)c1C. The summed E-state index contributed by atoms with van der Waals surface area (Å²) >= 11 is 0. The number of fused-ring (bicyclic) bond motifs is 1. The van der Waals surface area contributed by atoms with Crippen LogP contribution in [0.2, 0.25) is 0 Å². The Morgan fingerprint density at radius 2 is 1.87 bits per heavy atom. The Hall–Kier alpha value is -3.35. The maximum atomic E-state index is 12.6. The zero-order valence-corrected chi connectivity index (χ0v) is 17.5. The third kappa shape index (κ3) is 4.79. The highest BCUT2D eigenvalue weighted by Crippen LogP contribution is 2.19. The molecule has 0 spiro atoms. The number of hydrogen-bond acceptors (Lipinski definition) is 5. The Balaban J connectivity index is 1.57. The standard InChI is InChI=1S/C23H26N2O5/c1-15-11-19(16(2)25(15)10-6-9-22(27)29-3)21(26)14-30-23(28)12-17-13-24-20-8-5-4-7-18(17)20/h4-5,7-8,11,13,24H,6,9-10,12,14H2,1-3H3. The number of Topliss-reactive ketones (excluding diaryl/α,β-unsaturated/α-hetero) is 1. The maximum absolute atomic E-state index is 12.6. The molecule has 7 heteroatoms. The van der Waals surface area contributed by atoms with Crippen LogP contribution in [0.5, 0.6) is 0 Å². The van der Waals surface area contributed by atoms with Crippen LogP contribution in [-0.4, -0.2) is 41.0 Å². The minimum Gasteiger partial charge on any atom is -0.469 e. The van der Waals surface area contributed by atoms with Crippen molar-refractivity contribution in [3.8, 4) is 0 Å². The Kier molecular flexibility index (Phi) is 6.72. The molecule has 0 unspecified atom stereocenters. The smallest absolute Gasteiger partial charge is 0.310 e. The van der Waals surface area contributed by atoms with Crippen LogP contribution in [0.25, 0.3) is 10.9 Å². The van der Waals surface area contributed by atoms with Crippen LogP contribution in [0.3, 0.4) is 0 Å². The molecule has 0 amide bonds. The van der Waals surface area contributed by atoms with Crippen LogP contribution in [0.1, 0.15) is 40.2 Å². The van der Waals surface area contributed by atoms with E-state index in [0.29, 0.717) is 24.9 Å². The molecule has 0 atom stereocenters. The summed E-state index contributed by atoms with van der Waals surface area (Å²) in [6.07, 6.45) is 2.83. The number of rotatable bonds is 9. The van der Waals surface area contributed by atoms with Crippen molar-refractivity contribution in [3.63, 3.8) is 0 Å². The molecule has 0 aliphatic rings. The predicted octanol–water partition coefficient (Wildman–Crippen LogP) is 3.51. The van der Waals surface area contributed by atoms with Crippen LogP contribution in [0, 0.1) is 13.8 Å². The number of carbonyl (C=O) groups excluding carboxylic acids is 3. The molecule has 3 rings (SSSR count). The first-order chi connectivity index (χ1) is 14.4. The van der Waals surface area contributed by atoms with Crippen molar-refractivity contribution in [3.05, 3.63) is 59.0 Å². The number of para-hydroxylation sites is 1. The van der Waals surface area contributed by atoms with Crippen LogP contribution >= 0.6 is 0 Å². The first kappa shape index (κ1) is 21.4. The van der Waals surface area contributed by atoms with Gasteiger partial charge in [0.15, 0.2) is 6.61 Å². The van der Waals surface area contributed by atoms with Crippen LogP contribution < -0.4 is 0 Å². The van der Waals surface area contributed by atoms with E-state index >= 15 is 0 Å². The van der Waals surface area contributed by atoms with E-state index in [1.54, 1.807) is 12.3 Å². The number of benzene rings is 1. The van der Waals surface area contributed by atoms with Gasteiger partial charge in [-0.1, -0.05) is 18.2 Å². The van der Waals surface area contributed by atoms with Crippen LogP contribution in [0.15, 0.2) is 36.5 Å². The van der Waals surface area contributed by atoms with Crippen LogP contribution in [0.4, 0.5) is 0 Å². The van der Waals surface area contributed by atoms with E-state index in [0.717, 1.165) is 27.9 Å². The number of nitrogens with zero attached hydrogens (tertiary/aromatic N) is 1. The molecule has 7 nitrogen and oxygen atoms in total. The molecule has 0 saturated carbocycles. The van der Waals surface area contributed by atoms with E-state index in [4.69, 9.17) is 4.74 Å². The molecule has 1 aromatic carbocycles. The topological polar surface area (TPSA) is 90.4 Å². The number of methoxy groups -OCH3 is 1. The molecule has 0 aliphatic carbocycles. The number of aromatic amines is 1. The molecule has 0 bridgehead atoms. The van der Waals surface area contributed by atoms with E-state index in [1.165, 1.54) is 7.11 Å². The summed E-state index contributed by atoms with van der Waals surface area (Å²) in [4.78, 5) is 39.3. The Morgan fingerprint density at radius 3 is 2.63 bits per heavy atom. The molecule has 158 valence electrons. The second-order valence-corrected chi connectivity index (χ2v) is 7.24. The van der Waals surface area contributed by atoms with Gasteiger partial charge in [0.05, 0.1) is 13.5 Å². The molecule has 0 saturated heterocycles. The fraction of sp³-hybridized carbons (Fsp3) is 0.348. The summed E-state index contributed by atoms with van der Waals surface area (Å²) in [5.74, 6) is -0.939. The minimum atomic E-state index is -0.444. The third-order valence-corrected chi connectivity index (χ3v) is 5.24.